The van der Waals surface area contributed by atoms with E-state index in [1.807, 2.05) is 30.3 Å². The van der Waals surface area contributed by atoms with E-state index in [0.717, 1.165) is 16.7 Å². The van der Waals surface area contributed by atoms with E-state index in [9.17, 15) is 15.0 Å². The van der Waals surface area contributed by atoms with Crippen molar-refractivity contribution in [2.24, 2.45) is 0 Å². The van der Waals surface area contributed by atoms with Crippen molar-refractivity contribution in [3.05, 3.63) is 48.5 Å². The number of benzene rings is 2. The number of hydrogen-bond donors (Lipinski definition) is 2. The zero-order valence-electron chi connectivity index (χ0n) is 16.3. The first kappa shape index (κ1) is 19.1. The van der Waals surface area contributed by atoms with E-state index in [1.54, 1.807) is 30.0 Å². The van der Waals surface area contributed by atoms with Crippen molar-refractivity contribution < 1.29 is 16.4 Å². The van der Waals surface area contributed by atoms with Gasteiger partial charge in [0.1, 0.15) is 11.6 Å². The molecule has 1 atom stereocenters. The van der Waals surface area contributed by atoms with E-state index in [2.05, 4.69) is 9.88 Å². The number of para-hydroxylation sites is 2. The summed E-state index contributed by atoms with van der Waals surface area (Å²) in [5, 5.41) is 20.7. The fourth-order valence-corrected chi connectivity index (χ4v) is 3.63. The molecule has 2 aromatic carbocycles. The molecule has 152 valence electrons. The number of phenols is 1. The molecule has 29 heavy (non-hydrogen) atoms. The summed E-state index contributed by atoms with van der Waals surface area (Å²) in [6.45, 7) is 4.08. The molecule has 0 aliphatic carbocycles. The van der Waals surface area contributed by atoms with Crippen LogP contribution >= 0.6 is 0 Å². The predicted octanol–water partition coefficient (Wildman–Crippen LogP) is 2.67. The highest BCUT2D eigenvalue weighted by Gasteiger charge is 2.24. The second-order valence-electron chi connectivity index (χ2n) is 7.33. The molecule has 1 aromatic heterocycles. The second kappa shape index (κ2) is 8.05. The van der Waals surface area contributed by atoms with Crippen molar-refractivity contribution in [3.63, 3.8) is 0 Å². The highest BCUT2D eigenvalue weighted by Crippen LogP contribution is 2.31. The molecule has 2 N–H and O–H groups in total. The summed E-state index contributed by atoms with van der Waals surface area (Å²) in [5.74, 6) is 1.39. The minimum atomic E-state index is -0.632. The summed E-state index contributed by atoms with van der Waals surface area (Å²) in [6, 6.07) is 14.9. The highest BCUT2D eigenvalue weighted by atomic mass is 16.3. The molecule has 4 rings (SSSR count). The number of anilines is 1. The van der Waals surface area contributed by atoms with Crippen LogP contribution in [0.25, 0.3) is 22.3 Å². The van der Waals surface area contributed by atoms with Crippen LogP contribution in [-0.2, 0) is 4.79 Å². The molecular formula is C22H26N4O3. The fourth-order valence-electron chi connectivity index (χ4n) is 3.63. The summed E-state index contributed by atoms with van der Waals surface area (Å²) in [4.78, 5) is 25.6. The lowest BCUT2D eigenvalue weighted by molar-refractivity contribution is -0.133. The van der Waals surface area contributed by atoms with Gasteiger partial charge in [0.05, 0.1) is 23.6 Å². The monoisotopic (exact) mass is 394 g/mol. The maximum atomic E-state index is 12.2. The van der Waals surface area contributed by atoms with Crippen LogP contribution in [0.1, 0.15) is 14.8 Å². The van der Waals surface area contributed by atoms with Gasteiger partial charge in [-0.1, -0.05) is 24.3 Å². The molecule has 1 aliphatic heterocycles. The summed E-state index contributed by atoms with van der Waals surface area (Å²) in [5.41, 5.74) is 1.40. The number of nitrogens with zero attached hydrogens (tertiary/aromatic N) is 4. The fraction of sp³-hybridized carbons (Fsp3) is 0.318. The number of rotatable bonds is 4. The van der Waals surface area contributed by atoms with Crippen LogP contribution in [0.2, 0.25) is 0 Å². The van der Waals surface area contributed by atoms with Crippen molar-refractivity contribution in [2.45, 2.75) is 19.4 Å². The van der Waals surface area contributed by atoms with Gasteiger partial charge in [-0.2, -0.15) is 0 Å². The van der Waals surface area contributed by atoms with Crippen LogP contribution in [0.3, 0.4) is 0 Å². The van der Waals surface area contributed by atoms with Crippen LogP contribution in [0.4, 0.5) is 5.82 Å². The summed E-state index contributed by atoms with van der Waals surface area (Å²) in [6.07, 6.45) is -0.485. The second-order valence-corrected chi connectivity index (χ2v) is 7.33. The van der Waals surface area contributed by atoms with Crippen LogP contribution in [0.15, 0.2) is 48.5 Å². The van der Waals surface area contributed by atoms with Crippen LogP contribution in [-0.4, -0.2) is 63.3 Å². The Balaban J connectivity index is 0.00000256. The summed E-state index contributed by atoms with van der Waals surface area (Å²) >= 11 is 0. The summed E-state index contributed by atoms with van der Waals surface area (Å²) in [7, 11) is 0. The molecule has 0 spiro atoms. The molecule has 2 heterocycles. The molecule has 7 nitrogen and oxygen atoms in total. The van der Waals surface area contributed by atoms with Crippen LogP contribution < -0.4 is 4.90 Å². The molecule has 1 aliphatic rings. The number of aliphatic hydroxyl groups excluding tert-OH is 1. The molecule has 7 heteroatoms. The average Bonchev–Trinajstić information content (AvgIpc) is 2.73. The first-order valence-electron chi connectivity index (χ1n) is 9.79. The number of piperazine rings is 1. The van der Waals surface area contributed by atoms with Crippen molar-refractivity contribution in [2.75, 3.05) is 31.1 Å². The number of aromatic nitrogens is 2. The van der Waals surface area contributed by atoms with Gasteiger partial charge >= 0.3 is 0 Å². The zero-order chi connectivity index (χ0) is 20.4. The highest BCUT2D eigenvalue weighted by molar-refractivity contribution is 5.91. The maximum absolute atomic E-state index is 12.2. The van der Waals surface area contributed by atoms with Gasteiger partial charge in [-0.15, -0.1) is 0 Å². The molecular weight excluding hydrogens is 368 g/mol. The minimum absolute atomic E-state index is 0. The molecule has 3 aromatic rings. The van der Waals surface area contributed by atoms with Gasteiger partial charge in [0, 0.05) is 33.0 Å². The Hall–Kier alpha value is -3.19. The van der Waals surface area contributed by atoms with E-state index in [4.69, 9.17) is 4.98 Å². The molecule has 0 unspecified atom stereocenters. The first-order valence-corrected chi connectivity index (χ1v) is 9.79. The van der Waals surface area contributed by atoms with Gasteiger partial charge in [0.2, 0.25) is 5.91 Å². The minimum Gasteiger partial charge on any atom is -0.507 e. The lowest BCUT2D eigenvalue weighted by Crippen LogP contribution is -2.49. The number of aromatic hydroxyl groups is 1. The third kappa shape index (κ3) is 4.00. The quantitative estimate of drug-likeness (QED) is 0.707. The third-order valence-electron chi connectivity index (χ3n) is 5.13. The number of carbonyl (C=O) groups is 1. The number of carbonyl (C=O) groups excluding carboxylic acids is 1. The molecule has 1 amide bonds. The van der Waals surface area contributed by atoms with E-state index < -0.39 is 6.10 Å². The Bertz CT molecular complexity index is 1040. The molecule has 0 radical (unpaired) electrons. The number of phenolic OH excluding ortho intramolecular Hbond substituents is 1. The Kier molecular flexibility index (Phi) is 5.31. The Labute approximate surface area is 170 Å². The largest absolute Gasteiger partial charge is 0.507 e. The average molecular weight is 394 g/mol. The van der Waals surface area contributed by atoms with Gasteiger partial charge in [-0.3, -0.25) is 4.79 Å². The summed E-state index contributed by atoms with van der Waals surface area (Å²) < 4.78 is 0. The van der Waals surface area contributed by atoms with Crippen molar-refractivity contribution in [1.82, 2.24) is 14.9 Å². The van der Waals surface area contributed by atoms with Gasteiger partial charge in [-0.25, -0.2) is 9.97 Å². The van der Waals surface area contributed by atoms with E-state index in [-0.39, 0.29) is 19.5 Å². The Morgan fingerprint density at radius 1 is 1.07 bits per heavy atom. The lowest BCUT2D eigenvalue weighted by Gasteiger charge is -2.36. The number of amides is 1. The predicted molar refractivity (Wildman–Crippen MR) is 114 cm³/mol. The van der Waals surface area contributed by atoms with Crippen molar-refractivity contribution >= 4 is 22.6 Å². The molecule has 1 fully saturated rings. The standard InChI is InChI=1S/C22H24N4O3.H2/c1-15(27)14-20(29)25-10-12-26(13-11-25)22-16-6-2-4-8-18(16)23-21(24-22)17-7-3-5-9-19(17)28;/h2-9,15,27-28H,10-14H2,1H3;1H/t15-;/m1./s1. The number of fused-ring (bicyclic) bond motifs is 1. The zero-order valence-corrected chi connectivity index (χ0v) is 16.3. The van der Waals surface area contributed by atoms with Crippen LogP contribution in [0, 0.1) is 0 Å². The third-order valence-corrected chi connectivity index (χ3v) is 5.13. The topological polar surface area (TPSA) is 89.8 Å². The van der Waals surface area contributed by atoms with Crippen LogP contribution in [0.5, 0.6) is 5.75 Å². The molecule has 0 bridgehead atoms. The Morgan fingerprint density at radius 3 is 2.48 bits per heavy atom. The molecule has 0 saturated carbocycles. The van der Waals surface area contributed by atoms with Gasteiger partial charge < -0.3 is 20.0 Å². The van der Waals surface area contributed by atoms with Gasteiger partial charge in [0.15, 0.2) is 5.82 Å². The SMILES string of the molecule is C[C@@H](O)CC(=O)N1CCN(c2nc(-c3ccccc3O)nc3ccccc23)CC1.[HH]. The van der Waals surface area contributed by atoms with E-state index in [0.29, 0.717) is 37.6 Å². The lowest BCUT2D eigenvalue weighted by atomic mass is 10.1. The number of hydrogen-bond acceptors (Lipinski definition) is 6. The smallest absolute Gasteiger partial charge is 0.225 e. The first-order chi connectivity index (χ1) is 14.0. The van der Waals surface area contributed by atoms with E-state index in [1.165, 1.54) is 0 Å². The van der Waals surface area contributed by atoms with Crippen molar-refractivity contribution in [3.8, 4) is 17.1 Å². The maximum Gasteiger partial charge on any atom is 0.225 e. The number of aliphatic hydroxyl groups is 1. The van der Waals surface area contributed by atoms with E-state index >= 15 is 0 Å². The van der Waals surface area contributed by atoms with Gasteiger partial charge in [-0.05, 0) is 31.2 Å². The van der Waals surface area contributed by atoms with Gasteiger partial charge in [0.25, 0.3) is 0 Å². The Morgan fingerprint density at radius 2 is 1.76 bits per heavy atom. The molecule has 1 saturated heterocycles. The normalized spacial score (nSPS) is 15.5. The van der Waals surface area contributed by atoms with Crippen molar-refractivity contribution in [1.29, 1.82) is 0 Å².